The zero-order valence-corrected chi connectivity index (χ0v) is 11.1. The summed E-state index contributed by atoms with van der Waals surface area (Å²) in [6, 6.07) is 3.79. The van der Waals surface area contributed by atoms with Gasteiger partial charge in [-0.1, -0.05) is 6.07 Å². The molecule has 2 N–H and O–H groups in total. The molecule has 6 heteroatoms. The number of piperidine rings is 1. The average molecular weight is 272 g/mol. The molecule has 1 atom stereocenters. The number of benzene rings is 1. The molecule has 0 aromatic heterocycles. The van der Waals surface area contributed by atoms with Gasteiger partial charge in [-0.05, 0) is 43.9 Å². The molecule has 1 aliphatic rings. The van der Waals surface area contributed by atoms with Crippen LogP contribution in [0.2, 0.25) is 0 Å². The normalized spacial score (nSPS) is 22.1. The minimum absolute atomic E-state index is 0.0138. The van der Waals surface area contributed by atoms with Gasteiger partial charge in [0, 0.05) is 6.54 Å². The second-order valence-electron chi connectivity index (χ2n) is 4.59. The fraction of sp³-hybridized carbons (Fsp3) is 0.500. The summed E-state index contributed by atoms with van der Waals surface area (Å²) in [5.74, 6) is -0.551. The maximum Gasteiger partial charge on any atom is 0.244 e. The molecule has 0 amide bonds. The molecular weight excluding hydrogens is 255 g/mol. The second kappa shape index (κ2) is 4.95. The molecule has 1 aromatic carbocycles. The summed E-state index contributed by atoms with van der Waals surface area (Å²) in [6.45, 7) is 2.06. The van der Waals surface area contributed by atoms with Crippen LogP contribution in [-0.2, 0) is 10.0 Å². The maximum absolute atomic E-state index is 13.2. The Kier molecular flexibility index (Phi) is 3.70. The van der Waals surface area contributed by atoms with Crippen LogP contribution in [0, 0.1) is 12.7 Å². The van der Waals surface area contributed by atoms with E-state index in [1.165, 1.54) is 16.4 Å². The molecule has 0 spiro atoms. The van der Waals surface area contributed by atoms with Crippen LogP contribution in [0.1, 0.15) is 24.8 Å². The van der Waals surface area contributed by atoms with Crippen LogP contribution in [0.4, 0.5) is 4.39 Å². The van der Waals surface area contributed by atoms with Crippen molar-refractivity contribution in [3.63, 3.8) is 0 Å². The van der Waals surface area contributed by atoms with E-state index in [-0.39, 0.29) is 4.90 Å². The first-order valence-corrected chi connectivity index (χ1v) is 7.40. The number of nitrogens with zero attached hydrogens (tertiary/aromatic N) is 1. The monoisotopic (exact) mass is 272 g/mol. The molecule has 0 saturated carbocycles. The minimum atomic E-state index is -3.70. The lowest BCUT2D eigenvalue weighted by molar-refractivity contribution is 0.258. The number of rotatable bonds is 2. The number of halogens is 1. The SMILES string of the molecule is Cc1ccc(F)cc1S(=O)(=O)N1CCCCC1N. The summed E-state index contributed by atoms with van der Waals surface area (Å²) in [5, 5.41) is 0. The van der Waals surface area contributed by atoms with Gasteiger partial charge in [-0.3, -0.25) is 0 Å². The third-order valence-electron chi connectivity index (χ3n) is 3.24. The zero-order valence-electron chi connectivity index (χ0n) is 10.3. The first-order valence-electron chi connectivity index (χ1n) is 5.96. The van der Waals surface area contributed by atoms with E-state index >= 15 is 0 Å². The van der Waals surface area contributed by atoms with Crippen LogP contribution in [0.15, 0.2) is 23.1 Å². The molecule has 0 radical (unpaired) electrons. The summed E-state index contributed by atoms with van der Waals surface area (Å²) < 4.78 is 39.4. The maximum atomic E-state index is 13.2. The Hall–Kier alpha value is -0.980. The van der Waals surface area contributed by atoms with Crippen molar-refractivity contribution >= 4 is 10.0 Å². The second-order valence-corrected chi connectivity index (χ2v) is 6.45. The van der Waals surface area contributed by atoms with Crippen molar-refractivity contribution in [2.75, 3.05) is 6.54 Å². The molecule has 1 unspecified atom stereocenters. The first kappa shape index (κ1) is 13.5. The van der Waals surface area contributed by atoms with E-state index < -0.39 is 22.0 Å². The molecule has 1 fully saturated rings. The molecule has 2 rings (SSSR count). The van der Waals surface area contributed by atoms with Crippen molar-refractivity contribution in [2.24, 2.45) is 5.73 Å². The lowest BCUT2D eigenvalue weighted by Crippen LogP contribution is -2.48. The number of hydrogen-bond acceptors (Lipinski definition) is 3. The van der Waals surface area contributed by atoms with Crippen LogP contribution in [0.3, 0.4) is 0 Å². The van der Waals surface area contributed by atoms with Crippen molar-refractivity contribution in [3.8, 4) is 0 Å². The zero-order chi connectivity index (χ0) is 13.3. The molecule has 4 nitrogen and oxygen atoms in total. The molecule has 100 valence electrons. The van der Waals surface area contributed by atoms with Gasteiger partial charge in [-0.25, -0.2) is 12.8 Å². The Labute approximate surface area is 107 Å². The Morgan fingerprint density at radius 2 is 2.11 bits per heavy atom. The largest absolute Gasteiger partial charge is 0.315 e. The summed E-state index contributed by atoms with van der Waals surface area (Å²) in [5.41, 5.74) is 6.38. The Morgan fingerprint density at radius 3 is 2.78 bits per heavy atom. The molecule has 1 heterocycles. The van der Waals surface area contributed by atoms with E-state index in [1.807, 2.05) is 0 Å². The van der Waals surface area contributed by atoms with Gasteiger partial charge in [0.25, 0.3) is 0 Å². The standard InChI is InChI=1S/C12H17FN2O2S/c1-9-5-6-10(13)8-11(9)18(16,17)15-7-3-2-4-12(15)14/h5-6,8,12H,2-4,7,14H2,1H3. The summed E-state index contributed by atoms with van der Waals surface area (Å²) in [6.07, 6.45) is 1.86. The summed E-state index contributed by atoms with van der Waals surface area (Å²) in [4.78, 5) is 0.0138. The first-order chi connectivity index (χ1) is 8.43. The van der Waals surface area contributed by atoms with E-state index in [1.54, 1.807) is 6.92 Å². The van der Waals surface area contributed by atoms with Crippen molar-refractivity contribution in [3.05, 3.63) is 29.6 Å². The highest BCUT2D eigenvalue weighted by atomic mass is 32.2. The third-order valence-corrected chi connectivity index (χ3v) is 5.30. The fourth-order valence-electron chi connectivity index (χ4n) is 2.21. The van der Waals surface area contributed by atoms with Crippen LogP contribution in [0.5, 0.6) is 0 Å². The molecule has 1 aliphatic heterocycles. The smallest absolute Gasteiger partial charge is 0.244 e. The van der Waals surface area contributed by atoms with Crippen molar-refractivity contribution in [1.29, 1.82) is 0 Å². The lowest BCUT2D eigenvalue weighted by atomic mass is 10.1. The molecule has 0 aliphatic carbocycles. The molecule has 0 bridgehead atoms. The van der Waals surface area contributed by atoms with Crippen LogP contribution < -0.4 is 5.73 Å². The Morgan fingerprint density at radius 1 is 1.39 bits per heavy atom. The van der Waals surface area contributed by atoms with Crippen LogP contribution in [0.25, 0.3) is 0 Å². The van der Waals surface area contributed by atoms with Gasteiger partial charge in [-0.15, -0.1) is 0 Å². The molecule has 18 heavy (non-hydrogen) atoms. The highest BCUT2D eigenvalue weighted by Gasteiger charge is 2.32. The van der Waals surface area contributed by atoms with Gasteiger partial charge >= 0.3 is 0 Å². The van der Waals surface area contributed by atoms with Gasteiger partial charge in [0.05, 0.1) is 11.1 Å². The Balaban J connectivity index is 2.44. The quantitative estimate of drug-likeness (QED) is 0.889. The van der Waals surface area contributed by atoms with E-state index in [0.717, 1.165) is 18.9 Å². The fourth-order valence-corrected chi connectivity index (χ4v) is 4.03. The summed E-state index contributed by atoms with van der Waals surface area (Å²) >= 11 is 0. The van der Waals surface area contributed by atoms with E-state index in [0.29, 0.717) is 18.5 Å². The Bertz CT molecular complexity index is 545. The molecule has 1 aromatic rings. The average Bonchev–Trinajstić information content (AvgIpc) is 2.32. The number of nitrogens with two attached hydrogens (primary N) is 1. The van der Waals surface area contributed by atoms with E-state index in [2.05, 4.69) is 0 Å². The topological polar surface area (TPSA) is 63.4 Å². The number of hydrogen-bond donors (Lipinski definition) is 1. The van der Waals surface area contributed by atoms with Crippen molar-refractivity contribution < 1.29 is 12.8 Å². The predicted octanol–water partition coefficient (Wildman–Crippen LogP) is 1.59. The number of sulfonamides is 1. The lowest BCUT2D eigenvalue weighted by Gasteiger charge is -2.32. The molecular formula is C12H17FN2O2S. The van der Waals surface area contributed by atoms with Gasteiger partial charge in [0.15, 0.2) is 0 Å². The third kappa shape index (κ3) is 2.41. The molecule has 1 saturated heterocycles. The predicted molar refractivity (Wildman–Crippen MR) is 66.9 cm³/mol. The number of aryl methyl sites for hydroxylation is 1. The van der Waals surface area contributed by atoms with Crippen LogP contribution in [-0.4, -0.2) is 25.4 Å². The van der Waals surface area contributed by atoms with Gasteiger partial charge < -0.3 is 5.73 Å². The van der Waals surface area contributed by atoms with E-state index in [4.69, 9.17) is 5.73 Å². The van der Waals surface area contributed by atoms with E-state index in [9.17, 15) is 12.8 Å². The highest BCUT2D eigenvalue weighted by molar-refractivity contribution is 7.89. The minimum Gasteiger partial charge on any atom is -0.315 e. The summed E-state index contributed by atoms with van der Waals surface area (Å²) in [7, 11) is -3.70. The van der Waals surface area contributed by atoms with Gasteiger partial charge in [-0.2, -0.15) is 4.31 Å². The van der Waals surface area contributed by atoms with Gasteiger partial charge in [0.2, 0.25) is 10.0 Å². The van der Waals surface area contributed by atoms with Gasteiger partial charge in [0.1, 0.15) is 5.82 Å². The van der Waals surface area contributed by atoms with Crippen LogP contribution >= 0.6 is 0 Å². The highest BCUT2D eigenvalue weighted by Crippen LogP contribution is 2.25. The van der Waals surface area contributed by atoms with Crippen molar-refractivity contribution in [2.45, 2.75) is 37.2 Å². The van der Waals surface area contributed by atoms with Crippen molar-refractivity contribution in [1.82, 2.24) is 4.31 Å².